The molecule has 2 heterocycles. The maximum Gasteiger partial charge on any atom is 0.252 e. The van der Waals surface area contributed by atoms with E-state index in [1.807, 2.05) is 74.5 Å². The third-order valence-electron chi connectivity index (χ3n) is 4.85. The van der Waals surface area contributed by atoms with Gasteiger partial charge in [-0.2, -0.15) is 0 Å². The van der Waals surface area contributed by atoms with Gasteiger partial charge in [0, 0.05) is 29.9 Å². The van der Waals surface area contributed by atoms with E-state index >= 15 is 0 Å². The Balaban J connectivity index is 1.71. The Labute approximate surface area is 175 Å². The Bertz CT molecular complexity index is 1170. The van der Waals surface area contributed by atoms with E-state index in [2.05, 4.69) is 10.3 Å². The summed E-state index contributed by atoms with van der Waals surface area (Å²) in [5.41, 5.74) is 5.12. The van der Waals surface area contributed by atoms with Crippen molar-refractivity contribution in [3.63, 3.8) is 0 Å². The lowest BCUT2D eigenvalue weighted by Crippen LogP contribution is -2.23. The lowest BCUT2D eigenvalue weighted by atomic mass is 10.0. The zero-order valence-electron chi connectivity index (χ0n) is 17.1. The standard InChI is InChI=1S/C25H23N3O2/c1-3-30-20-9-7-19(8-10-20)24-14-22(21-13-17(2)6-11-23(21)28-24)25(29)27-16-18-5-4-12-26-15-18/h4-15H,3,16H2,1-2H3,(H,27,29). The van der Waals surface area contributed by atoms with E-state index in [9.17, 15) is 4.79 Å². The van der Waals surface area contributed by atoms with Crippen molar-refractivity contribution in [1.82, 2.24) is 15.3 Å². The van der Waals surface area contributed by atoms with Gasteiger partial charge in [0.15, 0.2) is 0 Å². The fraction of sp³-hybridized carbons (Fsp3) is 0.160. The predicted octanol–water partition coefficient (Wildman–Crippen LogP) is 4.93. The number of aryl methyl sites for hydroxylation is 1. The first kappa shape index (κ1) is 19.6. The van der Waals surface area contributed by atoms with Gasteiger partial charge in [-0.3, -0.25) is 9.78 Å². The molecule has 4 rings (SSSR count). The van der Waals surface area contributed by atoms with Crippen LogP contribution in [0.3, 0.4) is 0 Å². The van der Waals surface area contributed by atoms with E-state index < -0.39 is 0 Å². The van der Waals surface area contributed by atoms with E-state index in [4.69, 9.17) is 9.72 Å². The zero-order valence-corrected chi connectivity index (χ0v) is 17.1. The summed E-state index contributed by atoms with van der Waals surface area (Å²) in [5.74, 6) is 0.677. The van der Waals surface area contributed by atoms with Gasteiger partial charge >= 0.3 is 0 Å². The predicted molar refractivity (Wildman–Crippen MR) is 118 cm³/mol. The Morgan fingerprint density at radius 1 is 1.07 bits per heavy atom. The molecule has 0 atom stereocenters. The summed E-state index contributed by atoms with van der Waals surface area (Å²) in [6.07, 6.45) is 3.47. The number of rotatable bonds is 6. The summed E-state index contributed by atoms with van der Waals surface area (Å²) in [5, 5.41) is 3.85. The van der Waals surface area contributed by atoms with Gasteiger partial charge in [-0.05, 0) is 67.9 Å². The molecule has 2 aromatic carbocycles. The summed E-state index contributed by atoms with van der Waals surface area (Å²) in [7, 11) is 0. The number of benzene rings is 2. The molecule has 1 N–H and O–H groups in total. The van der Waals surface area contributed by atoms with E-state index in [0.29, 0.717) is 18.7 Å². The van der Waals surface area contributed by atoms with Crippen LogP contribution in [0.25, 0.3) is 22.2 Å². The number of hydrogen-bond donors (Lipinski definition) is 1. The average Bonchev–Trinajstić information content (AvgIpc) is 2.78. The molecule has 150 valence electrons. The number of fused-ring (bicyclic) bond motifs is 1. The topological polar surface area (TPSA) is 64.1 Å². The van der Waals surface area contributed by atoms with Crippen LogP contribution in [0.15, 0.2) is 73.1 Å². The largest absolute Gasteiger partial charge is 0.494 e. The van der Waals surface area contributed by atoms with Crippen LogP contribution in [-0.4, -0.2) is 22.5 Å². The molecule has 0 radical (unpaired) electrons. The van der Waals surface area contributed by atoms with Crippen LogP contribution < -0.4 is 10.1 Å². The average molecular weight is 397 g/mol. The molecule has 30 heavy (non-hydrogen) atoms. The number of hydrogen-bond acceptors (Lipinski definition) is 4. The maximum atomic E-state index is 13.1. The summed E-state index contributed by atoms with van der Waals surface area (Å²) >= 11 is 0. The minimum atomic E-state index is -0.135. The number of carbonyl (C=O) groups is 1. The molecule has 0 unspecified atom stereocenters. The van der Waals surface area contributed by atoms with Crippen LogP contribution in [0, 0.1) is 6.92 Å². The van der Waals surface area contributed by atoms with Crippen LogP contribution in [0.1, 0.15) is 28.4 Å². The highest BCUT2D eigenvalue weighted by atomic mass is 16.5. The van der Waals surface area contributed by atoms with Crippen molar-refractivity contribution in [2.24, 2.45) is 0 Å². The van der Waals surface area contributed by atoms with Gasteiger partial charge in [0.1, 0.15) is 5.75 Å². The summed E-state index contributed by atoms with van der Waals surface area (Å²) in [6.45, 7) is 5.00. The van der Waals surface area contributed by atoms with Crippen molar-refractivity contribution in [1.29, 1.82) is 0 Å². The molecule has 0 saturated carbocycles. The van der Waals surface area contributed by atoms with Gasteiger partial charge in [0.05, 0.1) is 23.4 Å². The number of ether oxygens (including phenoxy) is 1. The maximum absolute atomic E-state index is 13.1. The molecule has 0 bridgehead atoms. The number of amides is 1. The first-order chi connectivity index (χ1) is 14.6. The molecule has 0 fully saturated rings. The molecule has 5 heteroatoms. The highest BCUT2D eigenvalue weighted by Crippen LogP contribution is 2.27. The number of nitrogens with zero attached hydrogens (tertiary/aromatic N) is 2. The smallest absolute Gasteiger partial charge is 0.252 e. The second-order valence-electron chi connectivity index (χ2n) is 7.08. The third-order valence-corrected chi connectivity index (χ3v) is 4.85. The minimum absolute atomic E-state index is 0.135. The second kappa shape index (κ2) is 8.74. The Kier molecular flexibility index (Phi) is 5.70. The summed E-state index contributed by atoms with van der Waals surface area (Å²) < 4.78 is 5.53. The molecular formula is C25H23N3O2. The molecule has 0 spiro atoms. The molecule has 0 aliphatic rings. The minimum Gasteiger partial charge on any atom is -0.494 e. The molecule has 1 amide bonds. The summed E-state index contributed by atoms with van der Waals surface area (Å²) in [6, 6.07) is 19.4. The molecule has 5 nitrogen and oxygen atoms in total. The second-order valence-corrected chi connectivity index (χ2v) is 7.08. The zero-order chi connectivity index (χ0) is 20.9. The van der Waals surface area contributed by atoms with Crippen LogP contribution in [-0.2, 0) is 6.54 Å². The number of carbonyl (C=O) groups excluding carboxylic acids is 1. The van der Waals surface area contributed by atoms with Crippen molar-refractivity contribution in [2.75, 3.05) is 6.61 Å². The Morgan fingerprint density at radius 3 is 2.63 bits per heavy atom. The molecule has 4 aromatic rings. The molecule has 0 aliphatic carbocycles. The lowest BCUT2D eigenvalue weighted by Gasteiger charge is -2.12. The molecule has 2 aromatic heterocycles. The van der Waals surface area contributed by atoms with Crippen molar-refractivity contribution in [3.8, 4) is 17.0 Å². The van der Waals surface area contributed by atoms with Gasteiger partial charge in [0.25, 0.3) is 5.91 Å². The monoisotopic (exact) mass is 397 g/mol. The number of aromatic nitrogens is 2. The molecule has 0 aliphatic heterocycles. The van der Waals surface area contributed by atoms with E-state index in [-0.39, 0.29) is 5.91 Å². The van der Waals surface area contributed by atoms with Crippen LogP contribution in [0.4, 0.5) is 0 Å². The lowest BCUT2D eigenvalue weighted by molar-refractivity contribution is 0.0952. The highest BCUT2D eigenvalue weighted by Gasteiger charge is 2.14. The van der Waals surface area contributed by atoms with E-state index in [1.54, 1.807) is 12.4 Å². The van der Waals surface area contributed by atoms with Crippen molar-refractivity contribution in [3.05, 3.63) is 89.7 Å². The summed E-state index contributed by atoms with van der Waals surface area (Å²) in [4.78, 5) is 22.0. The van der Waals surface area contributed by atoms with Crippen molar-refractivity contribution in [2.45, 2.75) is 20.4 Å². The van der Waals surface area contributed by atoms with E-state index in [1.165, 1.54) is 0 Å². The number of nitrogens with one attached hydrogen (secondary N) is 1. The fourth-order valence-electron chi connectivity index (χ4n) is 3.34. The van der Waals surface area contributed by atoms with Gasteiger partial charge in [0.2, 0.25) is 0 Å². The Hall–Kier alpha value is -3.73. The first-order valence-corrected chi connectivity index (χ1v) is 9.96. The van der Waals surface area contributed by atoms with Crippen molar-refractivity contribution >= 4 is 16.8 Å². The van der Waals surface area contributed by atoms with Crippen LogP contribution in [0.2, 0.25) is 0 Å². The third kappa shape index (κ3) is 4.30. The van der Waals surface area contributed by atoms with Crippen LogP contribution in [0.5, 0.6) is 5.75 Å². The number of pyridine rings is 2. The SMILES string of the molecule is CCOc1ccc(-c2cc(C(=O)NCc3cccnc3)c3cc(C)ccc3n2)cc1. The van der Waals surface area contributed by atoms with Gasteiger partial charge < -0.3 is 10.1 Å². The van der Waals surface area contributed by atoms with Gasteiger partial charge in [-0.15, -0.1) is 0 Å². The van der Waals surface area contributed by atoms with Gasteiger partial charge in [-0.1, -0.05) is 17.7 Å². The molecular weight excluding hydrogens is 374 g/mol. The normalized spacial score (nSPS) is 10.7. The Morgan fingerprint density at radius 2 is 1.90 bits per heavy atom. The molecule has 0 saturated heterocycles. The van der Waals surface area contributed by atoms with E-state index in [0.717, 1.165) is 39.0 Å². The van der Waals surface area contributed by atoms with Crippen molar-refractivity contribution < 1.29 is 9.53 Å². The fourth-order valence-corrected chi connectivity index (χ4v) is 3.34. The van der Waals surface area contributed by atoms with Crippen LogP contribution >= 0.6 is 0 Å². The quantitative estimate of drug-likeness (QED) is 0.501. The van der Waals surface area contributed by atoms with Gasteiger partial charge in [-0.25, -0.2) is 4.98 Å². The highest BCUT2D eigenvalue weighted by molar-refractivity contribution is 6.07. The first-order valence-electron chi connectivity index (χ1n) is 9.96.